The average Bonchev–Trinajstić information content (AvgIpc) is 3.34. The van der Waals surface area contributed by atoms with E-state index >= 15 is 0 Å². The Bertz CT molecular complexity index is 1420. The molecular weight excluding hydrogens is 427 g/mol. The lowest BCUT2D eigenvalue weighted by atomic mass is 10.1. The summed E-state index contributed by atoms with van der Waals surface area (Å²) in [6.45, 7) is 0.172. The van der Waals surface area contributed by atoms with E-state index in [2.05, 4.69) is 11.2 Å². The second-order valence-corrected chi connectivity index (χ2v) is 9.13. The molecule has 0 bridgehead atoms. The normalized spacial score (nSPS) is 11.5. The van der Waals surface area contributed by atoms with E-state index in [-0.39, 0.29) is 27.5 Å². The number of nitrogens with two attached hydrogens (primary N) is 1. The quantitative estimate of drug-likeness (QED) is 0.509. The van der Waals surface area contributed by atoms with E-state index < -0.39 is 15.8 Å². The number of nitrogens with zero attached hydrogens (tertiary/aromatic N) is 3. The standard InChI is InChI=1S/C20H15FN4O3S2/c1-28-16-6-5-15(21)19-17(16)18(14-7-8-29-20(14)30(23,26)27)24-25(19)11-13-4-2-3-12(9-13)10-22/h2-9H,11H2,1H3,(H2,23,26,27). The number of halogens is 1. The van der Waals surface area contributed by atoms with Gasteiger partial charge >= 0.3 is 0 Å². The Hall–Kier alpha value is -3.26. The lowest BCUT2D eigenvalue weighted by molar-refractivity contribution is 0.419. The van der Waals surface area contributed by atoms with E-state index in [1.807, 2.05) is 0 Å². The van der Waals surface area contributed by atoms with Crippen molar-refractivity contribution in [2.24, 2.45) is 5.14 Å². The van der Waals surface area contributed by atoms with Gasteiger partial charge in [-0.25, -0.2) is 17.9 Å². The second-order valence-electron chi connectivity index (χ2n) is 6.46. The van der Waals surface area contributed by atoms with Crippen LogP contribution in [-0.2, 0) is 16.6 Å². The minimum atomic E-state index is -4.00. The largest absolute Gasteiger partial charge is 0.496 e. The van der Waals surface area contributed by atoms with Gasteiger partial charge in [-0.1, -0.05) is 12.1 Å². The Labute approximate surface area is 175 Å². The SMILES string of the molecule is COc1ccc(F)c2c1c(-c1ccsc1S(N)(=O)=O)nn2Cc1cccc(C#N)c1. The van der Waals surface area contributed by atoms with Crippen LogP contribution >= 0.6 is 11.3 Å². The molecule has 0 aliphatic heterocycles. The first kappa shape index (κ1) is 20.0. The number of methoxy groups -OCH3 is 1. The highest BCUT2D eigenvalue weighted by molar-refractivity contribution is 7.91. The van der Waals surface area contributed by atoms with Gasteiger partial charge in [0.25, 0.3) is 0 Å². The number of nitriles is 1. The summed E-state index contributed by atoms with van der Waals surface area (Å²) in [4.78, 5) is 0. The number of aromatic nitrogens is 2. The predicted octanol–water partition coefficient (Wildman–Crippen LogP) is 3.48. The molecule has 0 aliphatic carbocycles. The Balaban J connectivity index is 2.00. The van der Waals surface area contributed by atoms with Crippen LogP contribution in [0, 0.1) is 17.1 Å². The van der Waals surface area contributed by atoms with Crippen LogP contribution in [0.4, 0.5) is 4.39 Å². The van der Waals surface area contributed by atoms with Gasteiger partial charge in [-0.05, 0) is 41.3 Å². The Morgan fingerprint density at radius 2 is 2.10 bits per heavy atom. The molecule has 2 aromatic carbocycles. The molecule has 0 radical (unpaired) electrons. The number of primary sulfonamides is 1. The smallest absolute Gasteiger partial charge is 0.248 e. The molecule has 152 valence electrons. The molecule has 0 spiro atoms. The summed E-state index contributed by atoms with van der Waals surface area (Å²) in [6, 6.07) is 13.3. The van der Waals surface area contributed by atoms with Gasteiger partial charge < -0.3 is 4.74 Å². The van der Waals surface area contributed by atoms with Crippen LogP contribution in [-0.4, -0.2) is 25.3 Å². The van der Waals surface area contributed by atoms with E-state index in [0.29, 0.717) is 16.7 Å². The van der Waals surface area contributed by atoms with Crippen LogP contribution in [0.1, 0.15) is 11.1 Å². The zero-order valence-electron chi connectivity index (χ0n) is 15.7. The molecule has 2 heterocycles. The van der Waals surface area contributed by atoms with Gasteiger partial charge in [0.05, 0.1) is 30.7 Å². The van der Waals surface area contributed by atoms with Crippen LogP contribution in [0.3, 0.4) is 0 Å². The third-order valence-electron chi connectivity index (χ3n) is 4.56. The first-order valence-corrected chi connectivity index (χ1v) is 11.1. The number of hydrogen-bond acceptors (Lipinski definition) is 6. The maximum Gasteiger partial charge on any atom is 0.248 e. The van der Waals surface area contributed by atoms with Crippen molar-refractivity contribution < 1.29 is 17.5 Å². The molecular formula is C20H15FN4O3S2. The Kier molecular flexibility index (Phi) is 5.03. The fraction of sp³-hybridized carbons (Fsp3) is 0.100. The number of fused-ring (bicyclic) bond motifs is 1. The average molecular weight is 442 g/mol. The third kappa shape index (κ3) is 3.43. The van der Waals surface area contributed by atoms with Gasteiger partial charge in [-0.2, -0.15) is 10.4 Å². The summed E-state index contributed by atoms with van der Waals surface area (Å²) < 4.78 is 45.7. The second kappa shape index (κ2) is 7.53. The number of benzene rings is 2. The zero-order valence-corrected chi connectivity index (χ0v) is 17.3. The first-order valence-electron chi connectivity index (χ1n) is 8.66. The van der Waals surface area contributed by atoms with Gasteiger partial charge in [0, 0.05) is 5.56 Å². The molecule has 2 aromatic heterocycles. The maximum absolute atomic E-state index is 14.9. The summed E-state index contributed by atoms with van der Waals surface area (Å²) in [5.41, 5.74) is 1.91. The van der Waals surface area contributed by atoms with Crippen molar-refractivity contribution >= 4 is 32.3 Å². The molecule has 30 heavy (non-hydrogen) atoms. The topological polar surface area (TPSA) is 111 Å². The summed E-state index contributed by atoms with van der Waals surface area (Å²) in [6.07, 6.45) is 0. The monoisotopic (exact) mass is 442 g/mol. The fourth-order valence-electron chi connectivity index (χ4n) is 3.33. The molecule has 10 heteroatoms. The molecule has 0 unspecified atom stereocenters. The molecule has 0 saturated carbocycles. The lowest BCUT2D eigenvalue weighted by Crippen LogP contribution is -2.11. The maximum atomic E-state index is 14.9. The van der Waals surface area contributed by atoms with Gasteiger partial charge in [-0.15, -0.1) is 11.3 Å². The molecule has 0 amide bonds. The summed E-state index contributed by atoms with van der Waals surface area (Å²) in [7, 11) is -2.55. The van der Waals surface area contributed by atoms with Crippen LogP contribution in [0.25, 0.3) is 22.2 Å². The summed E-state index contributed by atoms with van der Waals surface area (Å²) in [5, 5.41) is 20.9. The third-order valence-corrected chi connectivity index (χ3v) is 6.99. The number of ether oxygens (including phenoxy) is 1. The van der Waals surface area contributed by atoms with Gasteiger partial charge in [0.15, 0.2) is 0 Å². The summed E-state index contributed by atoms with van der Waals surface area (Å²) >= 11 is 0.963. The highest BCUT2D eigenvalue weighted by Crippen LogP contribution is 2.40. The number of sulfonamides is 1. The van der Waals surface area contributed by atoms with E-state index in [1.54, 1.807) is 35.7 Å². The molecule has 2 N–H and O–H groups in total. The molecule has 4 aromatic rings. The van der Waals surface area contributed by atoms with Crippen LogP contribution in [0.5, 0.6) is 5.75 Å². The minimum absolute atomic E-state index is 0.0631. The van der Waals surface area contributed by atoms with Crippen molar-refractivity contribution in [1.82, 2.24) is 9.78 Å². The van der Waals surface area contributed by atoms with Gasteiger partial charge in [0.1, 0.15) is 27.0 Å². The number of rotatable bonds is 5. The molecule has 0 saturated heterocycles. The van der Waals surface area contributed by atoms with E-state index in [9.17, 15) is 12.8 Å². The van der Waals surface area contributed by atoms with E-state index in [1.165, 1.54) is 23.9 Å². The van der Waals surface area contributed by atoms with Crippen molar-refractivity contribution in [1.29, 1.82) is 5.26 Å². The lowest BCUT2D eigenvalue weighted by Gasteiger charge is -2.07. The number of thiophene rings is 1. The Morgan fingerprint density at radius 3 is 2.80 bits per heavy atom. The Morgan fingerprint density at radius 1 is 1.30 bits per heavy atom. The molecule has 7 nitrogen and oxygen atoms in total. The predicted molar refractivity (Wildman–Crippen MR) is 111 cm³/mol. The van der Waals surface area contributed by atoms with Crippen molar-refractivity contribution in [3.8, 4) is 23.1 Å². The van der Waals surface area contributed by atoms with Crippen molar-refractivity contribution in [3.63, 3.8) is 0 Å². The highest BCUT2D eigenvalue weighted by atomic mass is 32.2. The van der Waals surface area contributed by atoms with Crippen molar-refractivity contribution in [3.05, 3.63) is 64.8 Å². The minimum Gasteiger partial charge on any atom is -0.496 e. The molecule has 4 rings (SSSR count). The van der Waals surface area contributed by atoms with E-state index in [0.717, 1.165) is 16.9 Å². The van der Waals surface area contributed by atoms with Gasteiger partial charge in [0.2, 0.25) is 10.0 Å². The molecule has 0 fully saturated rings. The van der Waals surface area contributed by atoms with Gasteiger partial charge in [-0.3, -0.25) is 4.68 Å². The van der Waals surface area contributed by atoms with E-state index in [4.69, 9.17) is 15.1 Å². The molecule has 0 aliphatic rings. The van der Waals surface area contributed by atoms with Crippen molar-refractivity contribution in [2.45, 2.75) is 10.8 Å². The van der Waals surface area contributed by atoms with Crippen LogP contribution in [0.15, 0.2) is 52.1 Å². The van der Waals surface area contributed by atoms with Crippen molar-refractivity contribution in [2.75, 3.05) is 7.11 Å². The summed E-state index contributed by atoms with van der Waals surface area (Å²) in [5.74, 6) is -0.182. The van der Waals surface area contributed by atoms with Crippen LogP contribution < -0.4 is 9.88 Å². The number of hydrogen-bond donors (Lipinski definition) is 1. The van der Waals surface area contributed by atoms with Crippen LogP contribution in [0.2, 0.25) is 0 Å². The first-order chi connectivity index (χ1) is 14.3. The fourth-order valence-corrected chi connectivity index (χ4v) is 5.12. The zero-order chi connectivity index (χ0) is 21.5. The highest BCUT2D eigenvalue weighted by Gasteiger charge is 2.25. The molecule has 0 atom stereocenters.